The van der Waals surface area contributed by atoms with Crippen LogP contribution < -0.4 is 0 Å². The van der Waals surface area contributed by atoms with Crippen LogP contribution >= 0.6 is 0 Å². The number of hydrogen-bond acceptors (Lipinski definition) is 3. The van der Waals surface area contributed by atoms with Gasteiger partial charge in [0.1, 0.15) is 11.9 Å². The van der Waals surface area contributed by atoms with Crippen molar-refractivity contribution >= 4 is 5.91 Å². The van der Waals surface area contributed by atoms with Gasteiger partial charge in [-0.3, -0.25) is 9.69 Å². The molecule has 3 atom stereocenters. The second kappa shape index (κ2) is 7.92. The maximum Gasteiger partial charge on any atom is 0.240 e. The quantitative estimate of drug-likeness (QED) is 0.878. The molecule has 2 aromatic rings. The molecular weight excluding hydrogens is 355 g/mol. The molecule has 0 aliphatic carbocycles. The number of phenolic OH excluding ortho intramolecular Hbond substituents is 1. The number of carbonyl (C=O) groups is 1. The van der Waals surface area contributed by atoms with E-state index in [-0.39, 0.29) is 23.6 Å². The van der Waals surface area contributed by atoms with Crippen molar-refractivity contribution < 1.29 is 14.3 Å². The summed E-state index contributed by atoms with van der Waals surface area (Å²) in [5.41, 5.74) is 3.26. The van der Waals surface area contributed by atoms with Crippen molar-refractivity contribution in [2.75, 3.05) is 19.6 Å². The Morgan fingerprint density at radius 3 is 2.43 bits per heavy atom. The SMILES string of the molecule is Cc1ccc(CN2CCC(N3CCC(c4ccc(O)cc4)C(F)C3)C2=O)cc1. The number of aryl methyl sites for hydroxylation is 1. The van der Waals surface area contributed by atoms with Gasteiger partial charge in [0.05, 0.1) is 6.04 Å². The van der Waals surface area contributed by atoms with Crippen LogP contribution in [0.2, 0.25) is 0 Å². The van der Waals surface area contributed by atoms with Crippen molar-refractivity contribution in [1.82, 2.24) is 9.80 Å². The summed E-state index contributed by atoms with van der Waals surface area (Å²) in [5.74, 6) is 0.148. The lowest BCUT2D eigenvalue weighted by molar-refractivity contribution is -0.133. The molecule has 0 aromatic heterocycles. The number of aromatic hydroxyl groups is 1. The van der Waals surface area contributed by atoms with E-state index in [4.69, 9.17) is 0 Å². The van der Waals surface area contributed by atoms with E-state index in [1.165, 1.54) is 5.56 Å². The molecule has 0 spiro atoms. The predicted octanol–water partition coefficient (Wildman–Crippen LogP) is 3.63. The van der Waals surface area contributed by atoms with Crippen molar-refractivity contribution in [3.8, 4) is 5.75 Å². The summed E-state index contributed by atoms with van der Waals surface area (Å²) in [6.45, 7) is 4.42. The average molecular weight is 382 g/mol. The van der Waals surface area contributed by atoms with Gasteiger partial charge >= 0.3 is 0 Å². The first kappa shape index (κ1) is 18.9. The summed E-state index contributed by atoms with van der Waals surface area (Å²) >= 11 is 0. The molecule has 2 heterocycles. The van der Waals surface area contributed by atoms with Crippen molar-refractivity contribution in [3.05, 3.63) is 65.2 Å². The minimum absolute atomic E-state index is 0.121. The normalized spacial score (nSPS) is 26.0. The van der Waals surface area contributed by atoms with Gasteiger partial charge in [-0.25, -0.2) is 4.39 Å². The van der Waals surface area contributed by atoms with Gasteiger partial charge < -0.3 is 10.0 Å². The Kier molecular flexibility index (Phi) is 5.36. The smallest absolute Gasteiger partial charge is 0.240 e. The number of rotatable bonds is 4. The topological polar surface area (TPSA) is 43.8 Å². The van der Waals surface area contributed by atoms with Crippen molar-refractivity contribution in [2.45, 2.75) is 44.4 Å². The zero-order chi connectivity index (χ0) is 19.7. The van der Waals surface area contributed by atoms with E-state index in [9.17, 15) is 14.3 Å². The first-order valence-corrected chi connectivity index (χ1v) is 10.0. The first-order chi connectivity index (χ1) is 13.5. The van der Waals surface area contributed by atoms with Gasteiger partial charge in [-0.05, 0) is 49.6 Å². The van der Waals surface area contributed by atoms with Gasteiger partial charge in [-0.15, -0.1) is 0 Å². The largest absolute Gasteiger partial charge is 0.508 e. The molecule has 3 unspecified atom stereocenters. The van der Waals surface area contributed by atoms with Gasteiger partial charge in [-0.2, -0.15) is 0 Å². The van der Waals surface area contributed by atoms with Gasteiger partial charge in [0.15, 0.2) is 0 Å². The number of likely N-dealkylation sites (tertiary alicyclic amines) is 2. The fraction of sp³-hybridized carbons (Fsp3) is 0.435. The van der Waals surface area contributed by atoms with Crippen molar-refractivity contribution in [1.29, 1.82) is 0 Å². The molecule has 4 nitrogen and oxygen atoms in total. The molecule has 1 N–H and O–H groups in total. The molecule has 2 aliphatic heterocycles. The minimum atomic E-state index is -1.00. The van der Waals surface area contributed by atoms with E-state index in [2.05, 4.69) is 31.2 Å². The molecule has 28 heavy (non-hydrogen) atoms. The molecule has 2 aromatic carbocycles. The van der Waals surface area contributed by atoms with Crippen molar-refractivity contribution in [2.24, 2.45) is 0 Å². The standard InChI is InChI=1S/C23H27FN2O2/c1-16-2-4-17(5-3-16)14-26-13-11-22(23(26)28)25-12-10-20(21(24)15-25)18-6-8-19(27)9-7-18/h2-9,20-22,27H,10-15H2,1H3. The van der Waals surface area contributed by atoms with Crippen LogP contribution in [-0.2, 0) is 11.3 Å². The maximum absolute atomic E-state index is 14.9. The summed E-state index contributed by atoms with van der Waals surface area (Å²) in [6.07, 6.45) is 0.451. The Bertz CT molecular complexity index is 822. The summed E-state index contributed by atoms with van der Waals surface area (Å²) in [4.78, 5) is 16.8. The van der Waals surface area contributed by atoms with E-state index < -0.39 is 6.17 Å². The molecule has 0 bridgehead atoms. The molecular formula is C23H27FN2O2. The fourth-order valence-electron chi connectivity index (χ4n) is 4.44. The molecule has 2 saturated heterocycles. The highest BCUT2D eigenvalue weighted by molar-refractivity contribution is 5.84. The Balaban J connectivity index is 1.37. The Morgan fingerprint density at radius 2 is 1.75 bits per heavy atom. The Labute approximate surface area is 165 Å². The summed E-state index contributed by atoms with van der Waals surface area (Å²) in [6, 6.07) is 14.9. The monoisotopic (exact) mass is 382 g/mol. The van der Waals surface area contributed by atoms with Crippen LogP contribution in [0.4, 0.5) is 4.39 Å². The van der Waals surface area contributed by atoms with Crippen LogP contribution in [0.25, 0.3) is 0 Å². The Hall–Kier alpha value is -2.40. The summed E-state index contributed by atoms with van der Waals surface area (Å²) in [5, 5.41) is 9.44. The van der Waals surface area contributed by atoms with E-state index in [0.717, 1.165) is 30.6 Å². The number of piperidine rings is 1. The maximum atomic E-state index is 14.9. The van der Waals surface area contributed by atoms with Crippen LogP contribution in [0.1, 0.15) is 35.4 Å². The molecule has 4 rings (SSSR count). The van der Waals surface area contributed by atoms with E-state index >= 15 is 0 Å². The van der Waals surface area contributed by atoms with Gasteiger partial charge in [-0.1, -0.05) is 42.0 Å². The lowest BCUT2D eigenvalue weighted by Crippen LogP contribution is -2.49. The Morgan fingerprint density at radius 1 is 1.04 bits per heavy atom. The van der Waals surface area contributed by atoms with Crippen LogP contribution in [0.5, 0.6) is 5.75 Å². The third-order valence-electron chi connectivity index (χ3n) is 6.10. The lowest BCUT2D eigenvalue weighted by Gasteiger charge is -2.37. The highest BCUT2D eigenvalue weighted by atomic mass is 19.1. The molecule has 1 amide bonds. The number of benzene rings is 2. The number of nitrogens with zero attached hydrogens (tertiary/aromatic N) is 2. The molecule has 148 valence electrons. The number of halogens is 1. The van der Waals surface area contributed by atoms with Crippen molar-refractivity contribution in [3.63, 3.8) is 0 Å². The number of phenols is 1. The van der Waals surface area contributed by atoms with E-state index in [0.29, 0.717) is 19.5 Å². The van der Waals surface area contributed by atoms with Crippen LogP contribution in [0.15, 0.2) is 48.5 Å². The molecule has 2 aliphatic rings. The molecule has 0 saturated carbocycles. The number of alkyl halides is 1. The first-order valence-electron chi connectivity index (χ1n) is 10.0. The second-order valence-electron chi connectivity index (χ2n) is 8.05. The number of carbonyl (C=O) groups excluding carboxylic acids is 1. The lowest BCUT2D eigenvalue weighted by atomic mass is 9.87. The van der Waals surface area contributed by atoms with Crippen LogP contribution in [0.3, 0.4) is 0 Å². The average Bonchev–Trinajstić information content (AvgIpc) is 3.05. The van der Waals surface area contributed by atoms with Gasteiger partial charge in [0.25, 0.3) is 0 Å². The molecule has 0 radical (unpaired) electrons. The zero-order valence-electron chi connectivity index (χ0n) is 16.2. The fourth-order valence-corrected chi connectivity index (χ4v) is 4.44. The third-order valence-corrected chi connectivity index (χ3v) is 6.10. The minimum Gasteiger partial charge on any atom is -0.508 e. The second-order valence-corrected chi connectivity index (χ2v) is 8.05. The summed E-state index contributed by atoms with van der Waals surface area (Å²) in [7, 11) is 0. The predicted molar refractivity (Wildman–Crippen MR) is 107 cm³/mol. The highest BCUT2D eigenvalue weighted by Crippen LogP contribution is 2.33. The molecule has 2 fully saturated rings. The van der Waals surface area contributed by atoms with Gasteiger partial charge in [0, 0.05) is 25.6 Å². The van der Waals surface area contributed by atoms with Crippen LogP contribution in [0, 0.1) is 6.92 Å². The molecule has 5 heteroatoms. The number of amides is 1. The van der Waals surface area contributed by atoms with E-state index in [1.54, 1.807) is 24.3 Å². The zero-order valence-corrected chi connectivity index (χ0v) is 16.2. The highest BCUT2D eigenvalue weighted by Gasteiger charge is 2.40. The summed E-state index contributed by atoms with van der Waals surface area (Å²) < 4.78 is 14.9. The third kappa shape index (κ3) is 3.90. The van der Waals surface area contributed by atoms with Crippen LogP contribution in [-0.4, -0.2) is 52.7 Å². The van der Waals surface area contributed by atoms with Gasteiger partial charge in [0.2, 0.25) is 5.91 Å². The number of hydrogen-bond donors (Lipinski definition) is 1. The van der Waals surface area contributed by atoms with E-state index in [1.807, 2.05) is 9.80 Å².